The van der Waals surface area contributed by atoms with E-state index in [1.54, 1.807) is 24.3 Å². The van der Waals surface area contributed by atoms with Crippen molar-refractivity contribution in [2.24, 2.45) is 0 Å². The summed E-state index contributed by atoms with van der Waals surface area (Å²) in [6.45, 7) is 1.44. The summed E-state index contributed by atoms with van der Waals surface area (Å²) in [6.07, 6.45) is 0. The van der Waals surface area contributed by atoms with Crippen LogP contribution in [0.15, 0.2) is 72.1 Å². The number of thiazole rings is 1. The topological polar surface area (TPSA) is 71.1 Å². The quantitative estimate of drug-likeness (QED) is 0.507. The van der Waals surface area contributed by atoms with Crippen LogP contribution in [0.3, 0.4) is 0 Å². The Balaban J connectivity index is 1.49. The highest BCUT2D eigenvalue weighted by atomic mass is 32.1. The summed E-state index contributed by atoms with van der Waals surface area (Å²) in [5.41, 5.74) is 2.98. The van der Waals surface area contributed by atoms with E-state index in [1.165, 1.54) is 23.6 Å². The molecule has 1 heterocycles. The molecule has 28 heavy (non-hydrogen) atoms. The van der Waals surface area contributed by atoms with Gasteiger partial charge in [-0.25, -0.2) is 4.98 Å². The zero-order valence-electron chi connectivity index (χ0n) is 15.1. The van der Waals surface area contributed by atoms with Crippen molar-refractivity contribution in [3.63, 3.8) is 0 Å². The molecule has 2 amide bonds. The molecule has 6 heteroatoms. The molecule has 0 aliphatic carbocycles. The Hall–Kier alpha value is -3.51. The van der Waals surface area contributed by atoms with E-state index >= 15 is 0 Å². The van der Waals surface area contributed by atoms with Crippen LogP contribution in [0.5, 0.6) is 0 Å². The molecular formula is C22H17N3O2S. The molecule has 5 nitrogen and oxygen atoms in total. The molecule has 138 valence electrons. The van der Waals surface area contributed by atoms with Crippen molar-refractivity contribution in [2.75, 3.05) is 10.6 Å². The van der Waals surface area contributed by atoms with Gasteiger partial charge >= 0.3 is 0 Å². The number of nitrogens with one attached hydrogen (secondary N) is 2. The summed E-state index contributed by atoms with van der Waals surface area (Å²) in [7, 11) is 0. The number of carbonyl (C=O) groups is 2. The van der Waals surface area contributed by atoms with Gasteiger partial charge in [-0.3, -0.25) is 14.9 Å². The Morgan fingerprint density at radius 2 is 1.64 bits per heavy atom. The number of anilines is 2. The number of aromatic nitrogens is 1. The molecule has 0 bridgehead atoms. The Kier molecular flexibility index (Phi) is 4.87. The van der Waals surface area contributed by atoms with E-state index in [1.807, 2.05) is 23.6 Å². The summed E-state index contributed by atoms with van der Waals surface area (Å²) in [5, 5.41) is 10.3. The van der Waals surface area contributed by atoms with Gasteiger partial charge in [-0.1, -0.05) is 36.4 Å². The van der Waals surface area contributed by atoms with Crippen molar-refractivity contribution in [1.82, 2.24) is 4.98 Å². The van der Waals surface area contributed by atoms with Gasteiger partial charge < -0.3 is 5.32 Å². The first-order chi connectivity index (χ1) is 13.6. The third-order valence-electron chi connectivity index (χ3n) is 4.24. The fraction of sp³-hybridized carbons (Fsp3) is 0.0455. The van der Waals surface area contributed by atoms with Crippen LogP contribution in [0, 0.1) is 0 Å². The van der Waals surface area contributed by atoms with E-state index < -0.39 is 0 Å². The van der Waals surface area contributed by atoms with E-state index in [0.717, 1.165) is 16.6 Å². The number of benzene rings is 3. The number of hydrogen-bond acceptors (Lipinski definition) is 4. The summed E-state index contributed by atoms with van der Waals surface area (Å²) in [6, 6.07) is 21.1. The summed E-state index contributed by atoms with van der Waals surface area (Å²) < 4.78 is 0. The maximum absolute atomic E-state index is 12.4. The molecule has 0 aliphatic heterocycles. The van der Waals surface area contributed by atoms with Crippen LogP contribution in [0.4, 0.5) is 10.8 Å². The van der Waals surface area contributed by atoms with E-state index in [0.29, 0.717) is 16.4 Å². The molecule has 0 fully saturated rings. The van der Waals surface area contributed by atoms with Gasteiger partial charge in [0.2, 0.25) is 5.91 Å². The Morgan fingerprint density at radius 1 is 0.893 bits per heavy atom. The predicted molar refractivity (Wildman–Crippen MR) is 114 cm³/mol. The Labute approximate surface area is 166 Å². The first-order valence-electron chi connectivity index (χ1n) is 8.72. The van der Waals surface area contributed by atoms with Gasteiger partial charge in [0.15, 0.2) is 5.13 Å². The first kappa shape index (κ1) is 17.9. The molecular weight excluding hydrogens is 370 g/mol. The zero-order valence-corrected chi connectivity index (χ0v) is 15.9. The van der Waals surface area contributed by atoms with Gasteiger partial charge in [-0.2, -0.15) is 0 Å². The lowest BCUT2D eigenvalue weighted by Crippen LogP contribution is -2.12. The van der Waals surface area contributed by atoms with E-state index in [4.69, 9.17) is 0 Å². The van der Waals surface area contributed by atoms with Gasteiger partial charge in [0.25, 0.3) is 5.91 Å². The fourth-order valence-corrected chi connectivity index (χ4v) is 3.60. The minimum Gasteiger partial charge on any atom is -0.326 e. The lowest BCUT2D eigenvalue weighted by Gasteiger charge is -2.04. The number of hydrogen-bond donors (Lipinski definition) is 2. The zero-order chi connectivity index (χ0) is 19.5. The second kappa shape index (κ2) is 7.62. The van der Waals surface area contributed by atoms with Crippen molar-refractivity contribution < 1.29 is 9.59 Å². The smallest absolute Gasteiger partial charge is 0.257 e. The van der Waals surface area contributed by atoms with Crippen molar-refractivity contribution >= 4 is 44.7 Å². The van der Waals surface area contributed by atoms with Crippen LogP contribution in [-0.2, 0) is 4.79 Å². The molecule has 0 radical (unpaired) electrons. The molecule has 4 aromatic rings. The van der Waals surface area contributed by atoms with Crippen molar-refractivity contribution in [3.8, 4) is 11.3 Å². The van der Waals surface area contributed by atoms with Crippen LogP contribution in [0.1, 0.15) is 17.3 Å². The van der Waals surface area contributed by atoms with Crippen LogP contribution in [-0.4, -0.2) is 16.8 Å². The van der Waals surface area contributed by atoms with Crippen LogP contribution < -0.4 is 10.6 Å². The van der Waals surface area contributed by atoms with Crippen LogP contribution >= 0.6 is 11.3 Å². The number of amides is 2. The molecule has 0 spiro atoms. The van der Waals surface area contributed by atoms with Gasteiger partial charge in [0.05, 0.1) is 5.69 Å². The highest BCUT2D eigenvalue weighted by Gasteiger charge is 2.10. The Bertz CT molecular complexity index is 1170. The number of carbonyl (C=O) groups excluding carboxylic acids is 2. The maximum Gasteiger partial charge on any atom is 0.257 e. The van der Waals surface area contributed by atoms with Crippen molar-refractivity contribution in [1.29, 1.82) is 0 Å². The standard InChI is InChI=1S/C22H17N3O2S/c1-14(26)23-19-10-8-16(9-11-19)21(27)25-22-24-20(13-28-22)18-7-6-15-4-2-3-5-17(15)12-18/h2-13H,1H3,(H,23,26)(H,24,25,27). The molecule has 1 aromatic heterocycles. The first-order valence-corrected chi connectivity index (χ1v) is 9.60. The number of fused-ring (bicyclic) bond motifs is 1. The second-order valence-electron chi connectivity index (χ2n) is 6.31. The molecule has 0 unspecified atom stereocenters. The largest absolute Gasteiger partial charge is 0.326 e. The maximum atomic E-state index is 12.4. The van der Waals surface area contributed by atoms with Gasteiger partial charge in [-0.15, -0.1) is 11.3 Å². The average Bonchev–Trinajstić information content (AvgIpc) is 3.16. The summed E-state index contributed by atoms with van der Waals surface area (Å²) in [4.78, 5) is 28.0. The number of rotatable bonds is 4. The van der Waals surface area contributed by atoms with Gasteiger partial charge in [-0.05, 0) is 41.1 Å². The van der Waals surface area contributed by atoms with E-state index in [2.05, 4.69) is 39.9 Å². The monoisotopic (exact) mass is 387 g/mol. The fourth-order valence-electron chi connectivity index (χ4n) is 2.89. The lowest BCUT2D eigenvalue weighted by atomic mass is 10.1. The minimum atomic E-state index is -0.242. The van der Waals surface area contributed by atoms with E-state index in [-0.39, 0.29) is 11.8 Å². The average molecular weight is 387 g/mol. The summed E-state index contributed by atoms with van der Waals surface area (Å²) >= 11 is 1.38. The van der Waals surface area contributed by atoms with Gasteiger partial charge in [0, 0.05) is 29.1 Å². The Morgan fingerprint density at radius 3 is 2.39 bits per heavy atom. The van der Waals surface area contributed by atoms with Crippen molar-refractivity contribution in [3.05, 3.63) is 77.7 Å². The molecule has 0 saturated carbocycles. The van der Waals surface area contributed by atoms with Crippen LogP contribution in [0.2, 0.25) is 0 Å². The van der Waals surface area contributed by atoms with E-state index in [9.17, 15) is 9.59 Å². The normalized spacial score (nSPS) is 10.6. The predicted octanol–water partition coefficient (Wildman–Crippen LogP) is 5.17. The van der Waals surface area contributed by atoms with Gasteiger partial charge in [0.1, 0.15) is 0 Å². The number of nitrogens with zero attached hydrogens (tertiary/aromatic N) is 1. The van der Waals surface area contributed by atoms with Crippen molar-refractivity contribution in [2.45, 2.75) is 6.92 Å². The third kappa shape index (κ3) is 3.92. The SMILES string of the molecule is CC(=O)Nc1ccc(C(=O)Nc2nc(-c3ccc4ccccc4c3)cs2)cc1. The molecule has 0 atom stereocenters. The molecule has 0 aliphatic rings. The lowest BCUT2D eigenvalue weighted by molar-refractivity contribution is -0.114. The van der Waals surface area contributed by atoms with Crippen LogP contribution in [0.25, 0.3) is 22.0 Å². The molecule has 0 saturated heterocycles. The molecule has 3 aromatic carbocycles. The molecule has 4 rings (SSSR count). The molecule has 2 N–H and O–H groups in total. The minimum absolute atomic E-state index is 0.152. The highest BCUT2D eigenvalue weighted by Crippen LogP contribution is 2.28. The summed E-state index contributed by atoms with van der Waals surface area (Å²) in [5.74, 6) is -0.394. The third-order valence-corrected chi connectivity index (χ3v) is 5.00. The second-order valence-corrected chi connectivity index (χ2v) is 7.17. The highest BCUT2D eigenvalue weighted by molar-refractivity contribution is 7.14.